The van der Waals surface area contributed by atoms with Gasteiger partial charge in [-0.3, -0.25) is 4.79 Å². The van der Waals surface area contributed by atoms with E-state index in [9.17, 15) is 29.9 Å². The number of carboxylic acid groups (broad SMARTS) is 1. The van der Waals surface area contributed by atoms with E-state index in [-0.39, 0.29) is 35.9 Å². The number of carboxylic acids is 1. The number of amidine groups is 1. The summed E-state index contributed by atoms with van der Waals surface area (Å²) in [7, 11) is 0. The molecule has 0 bridgehead atoms. The normalized spacial score (nSPS) is 11.7. The minimum absolute atomic E-state index is 0.0313. The number of benzene rings is 3. The molecule has 4 rings (SSSR count). The van der Waals surface area contributed by atoms with Crippen LogP contribution in [0.4, 0.5) is 0 Å². The van der Waals surface area contributed by atoms with Gasteiger partial charge in [0.05, 0.1) is 0 Å². The van der Waals surface area contributed by atoms with Crippen LogP contribution in [0.25, 0.3) is 11.1 Å². The van der Waals surface area contributed by atoms with Gasteiger partial charge < -0.3 is 25.4 Å². The van der Waals surface area contributed by atoms with E-state index in [1.807, 2.05) is 43.3 Å². The fourth-order valence-electron chi connectivity index (χ4n) is 4.93. The summed E-state index contributed by atoms with van der Waals surface area (Å²) in [6, 6.07) is 20.6. The molecular formula is C32H35N7O7. The molecule has 0 aliphatic carbocycles. The Labute approximate surface area is 264 Å². The molecule has 1 aromatic heterocycles. The van der Waals surface area contributed by atoms with E-state index in [0.717, 1.165) is 17.5 Å². The van der Waals surface area contributed by atoms with Crippen LogP contribution in [-0.4, -0.2) is 47.7 Å². The van der Waals surface area contributed by atoms with Crippen LogP contribution in [0.3, 0.4) is 0 Å². The first-order valence-corrected chi connectivity index (χ1v) is 14.3. The van der Waals surface area contributed by atoms with Crippen molar-refractivity contribution in [3.8, 4) is 11.1 Å². The number of imidazole rings is 1. The summed E-state index contributed by atoms with van der Waals surface area (Å²) in [5.41, 5.74) is 8.29. The highest BCUT2D eigenvalue weighted by atomic mass is 16.9. The van der Waals surface area contributed by atoms with Gasteiger partial charge in [0, 0.05) is 24.1 Å². The maximum atomic E-state index is 12.9. The average molecular weight is 630 g/mol. The minimum Gasteiger partial charge on any atom is -0.477 e. The molecule has 0 aliphatic rings. The zero-order valence-electron chi connectivity index (χ0n) is 25.6. The number of carbonyl (C=O) groups is 2. The van der Waals surface area contributed by atoms with E-state index in [1.165, 1.54) is 32.0 Å². The van der Waals surface area contributed by atoms with Gasteiger partial charge in [-0.15, -0.1) is 15.2 Å². The largest absolute Gasteiger partial charge is 0.477 e. The molecule has 240 valence electrons. The number of hydrogen-bond donors (Lipinski definition) is 4. The summed E-state index contributed by atoms with van der Waals surface area (Å²) >= 11 is 0. The number of aliphatic hydroxyl groups is 1. The maximum Gasteiger partial charge on any atom is 0.354 e. The van der Waals surface area contributed by atoms with Crippen molar-refractivity contribution in [1.82, 2.24) is 14.7 Å². The van der Waals surface area contributed by atoms with Crippen molar-refractivity contribution >= 4 is 17.7 Å². The second kappa shape index (κ2) is 14.0. The van der Waals surface area contributed by atoms with E-state index in [0.29, 0.717) is 34.1 Å². The van der Waals surface area contributed by atoms with Crippen LogP contribution < -0.4 is 11.6 Å². The minimum atomic E-state index is -1.43. The van der Waals surface area contributed by atoms with Crippen LogP contribution in [0, 0.1) is 10.1 Å². The number of amides is 1. The molecule has 6 N–H and O–H groups in total. The first-order valence-electron chi connectivity index (χ1n) is 14.3. The van der Waals surface area contributed by atoms with Gasteiger partial charge in [-0.1, -0.05) is 67.6 Å². The topological polar surface area (TPSA) is 212 Å². The quantitative estimate of drug-likeness (QED) is 0.0419. The van der Waals surface area contributed by atoms with E-state index in [2.05, 4.69) is 14.9 Å². The molecule has 0 aliphatic heterocycles. The molecule has 4 aromatic rings. The SMILES string of the molecule is CCCc1nc(C(C)(C)O)c(C(=O)O)n1Cc1ccc(-c2ccccc2/C(N)=N/N(N)C(=O)c2cccc(CO[N+](=O)[O-])c2)cc1. The summed E-state index contributed by atoms with van der Waals surface area (Å²) in [4.78, 5) is 44.5. The van der Waals surface area contributed by atoms with Crippen LogP contribution in [0.5, 0.6) is 0 Å². The third kappa shape index (κ3) is 7.72. The molecule has 0 atom stereocenters. The number of carbonyl (C=O) groups excluding carboxylic acids is 1. The van der Waals surface area contributed by atoms with Gasteiger partial charge in [-0.25, -0.2) is 15.6 Å². The molecule has 0 unspecified atom stereocenters. The van der Waals surface area contributed by atoms with Crippen molar-refractivity contribution < 1.29 is 29.7 Å². The Hall–Kier alpha value is -5.60. The molecule has 0 saturated carbocycles. The molecule has 14 nitrogen and oxygen atoms in total. The van der Waals surface area contributed by atoms with Crippen molar-refractivity contribution in [2.45, 2.75) is 52.4 Å². The lowest BCUT2D eigenvalue weighted by atomic mass is 9.98. The van der Waals surface area contributed by atoms with Crippen LogP contribution in [0.1, 0.15) is 76.2 Å². The van der Waals surface area contributed by atoms with Crippen molar-refractivity contribution in [2.24, 2.45) is 16.7 Å². The summed E-state index contributed by atoms with van der Waals surface area (Å²) in [6.07, 6.45) is 1.29. The van der Waals surface area contributed by atoms with Crippen LogP contribution in [0.15, 0.2) is 77.9 Å². The Balaban J connectivity index is 1.59. The van der Waals surface area contributed by atoms with E-state index < -0.39 is 22.6 Å². The third-order valence-corrected chi connectivity index (χ3v) is 7.05. The Morgan fingerprint density at radius 2 is 1.78 bits per heavy atom. The summed E-state index contributed by atoms with van der Waals surface area (Å²) in [5.74, 6) is 4.63. The standard InChI is InChI=1S/C32H35N7O7/c1-4-8-26-35-28(32(2,3)43)27(31(41)42)37(26)18-20-13-15-22(16-14-20)24-11-5-6-12-25(24)29(33)36-38(34)30(40)23-10-7-9-21(17-23)19-46-39(44)45/h5-7,9-17,43H,4,8,18-19,34H2,1-3H3,(H2,33,36)(H,41,42). The number of nitrogens with zero attached hydrogens (tertiary/aromatic N) is 5. The predicted octanol–water partition coefficient (Wildman–Crippen LogP) is 3.82. The fourth-order valence-corrected chi connectivity index (χ4v) is 4.93. The second-order valence-corrected chi connectivity index (χ2v) is 11.0. The van der Waals surface area contributed by atoms with Gasteiger partial charge in [0.2, 0.25) is 0 Å². The molecule has 14 heteroatoms. The third-order valence-electron chi connectivity index (χ3n) is 7.05. The Morgan fingerprint density at radius 3 is 2.41 bits per heavy atom. The molecule has 0 radical (unpaired) electrons. The number of hydrogen-bond acceptors (Lipinski definition) is 9. The van der Waals surface area contributed by atoms with Crippen molar-refractivity contribution in [3.05, 3.63) is 122 Å². The summed E-state index contributed by atoms with van der Waals surface area (Å²) < 4.78 is 1.63. The zero-order valence-corrected chi connectivity index (χ0v) is 25.6. The van der Waals surface area contributed by atoms with Gasteiger partial charge >= 0.3 is 5.97 Å². The van der Waals surface area contributed by atoms with Crippen LogP contribution in [0.2, 0.25) is 0 Å². The Morgan fingerprint density at radius 1 is 1.09 bits per heavy atom. The second-order valence-electron chi connectivity index (χ2n) is 11.0. The molecule has 1 amide bonds. The number of nitrogens with two attached hydrogens (primary N) is 2. The Bertz CT molecular complexity index is 1780. The fraction of sp³-hybridized carbons (Fsp3) is 0.250. The number of hydrazone groups is 1. The number of hydrazine groups is 1. The molecule has 1 heterocycles. The van der Waals surface area contributed by atoms with E-state index >= 15 is 0 Å². The lowest BCUT2D eigenvalue weighted by molar-refractivity contribution is -0.763. The highest BCUT2D eigenvalue weighted by molar-refractivity contribution is 6.04. The van der Waals surface area contributed by atoms with E-state index in [1.54, 1.807) is 22.8 Å². The molecule has 46 heavy (non-hydrogen) atoms. The number of aryl methyl sites for hydroxylation is 1. The predicted molar refractivity (Wildman–Crippen MR) is 169 cm³/mol. The lowest BCUT2D eigenvalue weighted by Gasteiger charge is -2.16. The van der Waals surface area contributed by atoms with Crippen molar-refractivity contribution in [3.63, 3.8) is 0 Å². The van der Waals surface area contributed by atoms with Crippen molar-refractivity contribution in [2.75, 3.05) is 0 Å². The Kier molecular flexibility index (Phi) is 10.1. The number of rotatable bonds is 13. The van der Waals surface area contributed by atoms with Gasteiger partial charge in [0.25, 0.3) is 11.0 Å². The first kappa shape index (κ1) is 33.3. The maximum absolute atomic E-state index is 12.9. The van der Waals surface area contributed by atoms with Crippen LogP contribution in [-0.2, 0) is 30.0 Å². The highest BCUT2D eigenvalue weighted by Gasteiger charge is 2.31. The van der Waals surface area contributed by atoms with Crippen LogP contribution >= 0.6 is 0 Å². The van der Waals surface area contributed by atoms with Gasteiger partial charge in [-0.05, 0) is 54.7 Å². The number of aromatic carboxylic acids is 1. The van der Waals surface area contributed by atoms with Gasteiger partial charge in [-0.2, -0.15) is 5.12 Å². The smallest absolute Gasteiger partial charge is 0.354 e. The molecule has 0 spiro atoms. The molecule has 3 aromatic carbocycles. The van der Waals surface area contributed by atoms with E-state index in [4.69, 9.17) is 11.6 Å². The van der Waals surface area contributed by atoms with Crippen molar-refractivity contribution in [1.29, 1.82) is 0 Å². The summed E-state index contributed by atoms with van der Waals surface area (Å²) in [6.45, 7) is 4.90. The average Bonchev–Trinajstić information content (AvgIpc) is 3.39. The number of aromatic nitrogens is 2. The first-order chi connectivity index (χ1) is 21.8. The lowest BCUT2D eigenvalue weighted by Crippen LogP contribution is -2.35. The zero-order chi connectivity index (χ0) is 33.6. The highest BCUT2D eigenvalue weighted by Crippen LogP contribution is 2.28. The molecular weight excluding hydrogens is 594 g/mol. The monoisotopic (exact) mass is 629 g/mol. The summed E-state index contributed by atoms with van der Waals surface area (Å²) in [5, 5.41) is 34.9. The van der Waals surface area contributed by atoms with Gasteiger partial charge in [0.1, 0.15) is 23.7 Å². The van der Waals surface area contributed by atoms with Gasteiger partial charge in [0.15, 0.2) is 11.5 Å². The molecule has 0 fully saturated rings. The molecule has 0 saturated heterocycles.